The Bertz CT molecular complexity index is 215. The Hall–Kier alpha value is -0.610. The number of hydrogen-bond acceptors (Lipinski definition) is 4. The van der Waals surface area contributed by atoms with Gasteiger partial charge in [0, 0.05) is 13.1 Å². The quantitative estimate of drug-likeness (QED) is 0.713. The lowest BCUT2D eigenvalue weighted by molar-refractivity contribution is -0.146. The summed E-state index contributed by atoms with van der Waals surface area (Å²) in [7, 11) is 3.38. The fraction of sp³-hybridized carbons (Fsp3) is 0.917. The van der Waals surface area contributed by atoms with Gasteiger partial charge in [-0.3, -0.25) is 9.69 Å². The zero-order chi connectivity index (χ0) is 12.0. The first-order chi connectivity index (χ1) is 7.69. The average Bonchev–Trinajstić information content (AvgIpc) is 2.31. The van der Waals surface area contributed by atoms with Crippen LogP contribution in [0.5, 0.6) is 0 Å². The monoisotopic (exact) mass is 228 g/mol. The predicted molar refractivity (Wildman–Crippen MR) is 64.1 cm³/mol. The van der Waals surface area contributed by atoms with Crippen molar-refractivity contribution in [3.63, 3.8) is 0 Å². The van der Waals surface area contributed by atoms with Crippen molar-refractivity contribution in [1.82, 2.24) is 4.90 Å². The molecule has 0 bridgehead atoms. The number of esters is 1. The second-order valence-electron chi connectivity index (χ2n) is 4.72. The van der Waals surface area contributed by atoms with Crippen LogP contribution < -0.4 is 5.73 Å². The number of carbonyl (C=O) groups is 1. The van der Waals surface area contributed by atoms with Gasteiger partial charge in [0.2, 0.25) is 0 Å². The number of nitrogens with two attached hydrogens (primary N) is 1. The Morgan fingerprint density at radius 2 is 2.06 bits per heavy atom. The standard InChI is InChI=1S/C12H24N2O2/c1-14(11(8-13)12(15)16-2)9-10-6-4-3-5-7-10/h10-11H,3-9,13H2,1-2H3. The van der Waals surface area contributed by atoms with Crippen molar-refractivity contribution in [1.29, 1.82) is 0 Å². The smallest absolute Gasteiger partial charge is 0.324 e. The van der Waals surface area contributed by atoms with Crippen LogP contribution in [-0.4, -0.2) is 44.2 Å². The molecule has 94 valence electrons. The minimum atomic E-state index is -0.285. The van der Waals surface area contributed by atoms with Crippen LogP contribution in [0.2, 0.25) is 0 Å². The zero-order valence-corrected chi connectivity index (χ0v) is 10.4. The molecule has 0 aromatic carbocycles. The van der Waals surface area contributed by atoms with Crippen LogP contribution in [0.1, 0.15) is 32.1 Å². The van der Waals surface area contributed by atoms with Crippen molar-refractivity contribution in [2.75, 3.05) is 27.2 Å². The molecule has 0 aromatic rings. The molecule has 4 nitrogen and oxygen atoms in total. The van der Waals surface area contributed by atoms with Crippen LogP contribution in [0.15, 0.2) is 0 Å². The maximum Gasteiger partial charge on any atom is 0.324 e. The Labute approximate surface area is 98.1 Å². The largest absolute Gasteiger partial charge is 0.468 e. The van der Waals surface area contributed by atoms with E-state index < -0.39 is 0 Å². The van der Waals surface area contributed by atoms with Crippen LogP contribution in [0.3, 0.4) is 0 Å². The number of methoxy groups -OCH3 is 1. The summed E-state index contributed by atoms with van der Waals surface area (Å²) < 4.78 is 4.75. The second-order valence-corrected chi connectivity index (χ2v) is 4.72. The molecule has 2 N–H and O–H groups in total. The van der Waals surface area contributed by atoms with Gasteiger partial charge in [0.05, 0.1) is 7.11 Å². The van der Waals surface area contributed by atoms with Crippen LogP contribution >= 0.6 is 0 Å². The van der Waals surface area contributed by atoms with Gasteiger partial charge < -0.3 is 10.5 Å². The molecule has 0 aromatic heterocycles. The molecule has 16 heavy (non-hydrogen) atoms. The zero-order valence-electron chi connectivity index (χ0n) is 10.4. The van der Waals surface area contributed by atoms with E-state index in [4.69, 9.17) is 10.5 Å². The Morgan fingerprint density at radius 3 is 2.56 bits per heavy atom. The third kappa shape index (κ3) is 3.76. The molecule has 0 aliphatic heterocycles. The molecule has 1 aliphatic carbocycles. The van der Waals surface area contributed by atoms with E-state index in [1.54, 1.807) is 0 Å². The summed E-state index contributed by atoms with van der Waals surface area (Å²) in [5.74, 6) is 0.498. The molecular formula is C12H24N2O2. The topological polar surface area (TPSA) is 55.6 Å². The molecule has 1 aliphatic rings. The number of hydrogen-bond donors (Lipinski definition) is 1. The normalized spacial score (nSPS) is 19.8. The number of nitrogens with zero attached hydrogens (tertiary/aromatic N) is 1. The summed E-state index contributed by atoms with van der Waals surface area (Å²) in [6, 6.07) is -0.285. The van der Waals surface area contributed by atoms with Crippen LogP contribution in [0.25, 0.3) is 0 Å². The van der Waals surface area contributed by atoms with Crippen molar-refractivity contribution in [2.45, 2.75) is 38.1 Å². The van der Waals surface area contributed by atoms with E-state index in [1.165, 1.54) is 39.2 Å². The highest BCUT2D eigenvalue weighted by Gasteiger charge is 2.25. The first-order valence-electron chi connectivity index (χ1n) is 6.17. The van der Waals surface area contributed by atoms with E-state index in [2.05, 4.69) is 0 Å². The molecule has 1 fully saturated rings. The van der Waals surface area contributed by atoms with E-state index in [-0.39, 0.29) is 12.0 Å². The highest BCUT2D eigenvalue weighted by Crippen LogP contribution is 2.24. The Morgan fingerprint density at radius 1 is 1.44 bits per heavy atom. The second kappa shape index (κ2) is 6.86. The summed E-state index contributed by atoms with van der Waals surface area (Å²) >= 11 is 0. The lowest BCUT2D eigenvalue weighted by Crippen LogP contribution is -2.46. The van der Waals surface area contributed by atoms with Gasteiger partial charge >= 0.3 is 5.97 Å². The molecule has 1 unspecified atom stereocenters. The molecule has 0 radical (unpaired) electrons. The molecule has 1 rings (SSSR count). The fourth-order valence-corrected chi connectivity index (χ4v) is 2.50. The molecule has 0 spiro atoms. The van der Waals surface area contributed by atoms with Gasteiger partial charge in [0.15, 0.2) is 0 Å². The molecular weight excluding hydrogens is 204 g/mol. The molecule has 0 saturated heterocycles. The fourth-order valence-electron chi connectivity index (χ4n) is 2.50. The van der Waals surface area contributed by atoms with Gasteiger partial charge in [0.1, 0.15) is 6.04 Å². The highest BCUT2D eigenvalue weighted by atomic mass is 16.5. The molecule has 0 heterocycles. The van der Waals surface area contributed by atoms with E-state index in [9.17, 15) is 4.79 Å². The van der Waals surface area contributed by atoms with Gasteiger partial charge in [-0.1, -0.05) is 19.3 Å². The van der Waals surface area contributed by atoms with Crippen LogP contribution in [0.4, 0.5) is 0 Å². The van der Waals surface area contributed by atoms with Crippen LogP contribution in [-0.2, 0) is 9.53 Å². The van der Waals surface area contributed by atoms with E-state index in [0.717, 1.165) is 12.5 Å². The summed E-state index contributed by atoms with van der Waals surface area (Å²) in [5.41, 5.74) is 5.61. The predicted octanol–water partition coefficient (Wildman–Crippen LogP) is 0.999. The van der Waals surface area contributed by atoms with Crippen LogP contribution in [0, 0.1) is 5.92 Å². The third-order valence-electron chi connectivity index (χ3n) is 3.50. The minimum Gasteiger partial charge on any atom is -0.468 e. The number of rotatable bonds is 5. The minimum absolute atomic E-state index is 0.221. The average molecular weight is 228 g/mol. The van der Waals surface area contributed by atoms with E-state index in [1.807, 2.05) is 11.9 Å². The van der Waals surface area contributed by atoms with Gasteiger partial charge in [-0.2, -0.15) is 0 Å². The van der Waals surface area contributed by atoms with Gasteiger partial charge in [-0.05, 0) is 25.8 Å². The maximum absolute atomic E-state index is 11.5. The highest BCUT2D eigenvalue weighted by molar-refractivity contribution is 5.75. The first kappa shape index (κ1) is 13.5. The lowest BCUT2D eigenvalue weighted by Gasteiger charge is -2.30. The van der Waals surface area contributed by atoms with Gasteiger partial charge in [-0.15, -0.1) is 0 Å². The summed E-state index contributed by atoms with van der Waals surface area (Å²) in [5, 5.41) is 0. The number of ether oxygens (including phenoxy) is 1. The van der Waals surface area contributed by atoms with Gasteiger partial charge in [-0.25, -0.2) is 0 Å². The summed E-state index contributed by atoms with van der Waals surface area (Å²) in [4.78, 5) is 13.5. The molecule has 1 saturated carbocycles. The summed E-state index contributed by atoms with van der Waals surface area (Å²) in [6.07, 6.45) is 6.57. The maximum atomic E-state index is 11.5. The Kier molecular flexibility index (Phi) is 5.77. The third-order valence-corrected chi connectivity index (χ3v) is 3.50. The first-order valence-corrected chi connectivity index (χ1v) is 6.17. The lowest BCUT2D eigenvalue weighted by atomic mass is 9.89. The summed E-state index contributed by atoms with van der Waals surface area (Å²) in [6.45, 7) is 1.28. The van der Waals surface area contributed by atoms with Gasteiger partial charge in [0.25, 0.3) is 0 Å². The van der Waals surface area contributed by atoms with Crippen molar-refractivity contribution >= 4 is 5.97 Å². The van der Waals surface area contributed by atoms with Crippen molar-refractivity contribution in [3.05, 3.63) is 0 Å². The SMILES string of the molecule is COC(=O)C(CN)N(C)CC1CCCCC1. The number of carbonyl (C=O) groups excluding carboxylic acids is 1. The van der Waals surface area contributed by atoms with Crippen molar-refractivity contribution < 1.29 is 9.53 Å². The van der Waals surface area contributed by atoms with E-state index >= 15 is 0 Å². The molecule has 0 amide bonds. The van der Waals surface area contributed by atoms with Crippen molar-refractivity contribution in [2.24, 2.45) is 11.7 Å². The van der Waals surface area contributed by atoms with Crippen molar-refractivity contribution in [3.8, 4) is 0 Å². The van der Waals surface area contributed by atoms with E-state index in [0.29, 0.717) is 6.54 Å². The Balaban J connectivity index is 2.41. The molecule has 4 heteroatoms. The number of likely N-dealkylation sites (N-methyl/N-ethyl adjacent to an activating group) is 1. The molecule has 1 atom stereocenters.